The summed E-state index contributed by atoms with van der Waals surface area (Å²) < 4.78 is 11.5. The number of nitrogens with one attached hydrogen (secondary N) is 3. The molecular weight excluding hydrogens is 675 g/mol. The number of aryl methyl sites for hydroxylation is 1. The Morgan fingerprint density at radius 3 is 2.34 bits per heavy atom. The minimum Gasteiger partial charge on any atom is -0.496 e. The number of pyridine rings is 2. The van der Waals surface area contributed by atoms with Crippen LogP contribution in [0.5, 0.6) is 11.6 Å². The lowest BCUT2D eigenvalue weighted by atomic mass is 9.97. The first kappa shape index (κ1) is 35.6. The number of hydrogen-bond acceptors (Lipinski definition) is 8. The quantitative estimate of drug-likeness (QED) is 0.150. The zero-order chi connectivity index (χ0) is 35.4. The summed E-state index contributed by atoms with van der Waals surface area (Å²) in [6.07, 6.45) is 4.57. The van der Waals surface area contributed by atoms with Crippen LogP contribution in [-0.2, 0) is 22.7 Å². The Labute approximate surface area is 302 Å². The first-order valence-corrected chi connectivity index (χ1v) is 17.5. The fourth-order valence-corrected chi connectivity index (χ4v) is 7.41. The molecule has 2 saturated heterocycles. The number of methoxy groups -OCH3 is 2. The predicted molar refractivity (Wildman–Crippen MR) is 197 cm³/mol. The Hall–Kier alpha value is -4.22. The Balaban J connectivity index is 1.23. The molecule has 2 aromatic heterocycles. The maximum absolute atomic E-state index is 11.7. The van der Waals surface area contributed by atoms with Crippen LogP contribution in [0, 0.1) is 6.92 Å². The Morgan fingerprint density at radius 2 is 1.64 bits per heavy atom. The van der Waals surface area contributed by atoms with Crippen molar-refractivity contribution in [1.29, 1.82) is 0 Å². The number of carbonyl (C=O) groups excluding carboxylic acids is 2. The third-order valence-corrected chi connectivity index (χ3v) is 10.1. The van der Waals surface area contributed by atoms with E-state index in [9.17, 15) is 9.59 Å². The van der Waals surface area contributed by atoms with Gasteiger partial charge in [-0.3, -0.25) is 19.5 Å². The molecule has 262 valence electrons. The van der Waals surface area contributed by atoms with Crippen molar-refractivity contribution in [3.63, 3.8) is 0 Å². The summed E-state index contributed by atoms with van der Waals surface area (Å²) >= 11 is 14.2. The lowest BCUT2D eigenvalue weighted by Crippen LogP contribution is -2.36. The molecule has 2 fully saturated rings. The summed E-state index contributed by atoms with van der Waals surface area (Å²) in [7, 11) is 5.32. The first-order valence-electron chi connectivity index (χ1n) is 16.8. The number of aromatic nitrogens is 2. The minimum atomic E-state index is 0.0984. The predicted octanol–water partition coefficient (Wildman–Crippen LogP) is 6.19. The van der Waals surface area contributed by atoms with Crippen molar-refractivity contribution in [2.75, 3.05) is 34.4 Å². The average molecular weight is 718 g/mol. The molecule has 0 bridgehead atoms. The maximum atomic E-state index is 11.7. The number of ether oxygens (including phenoxy) is 2. The van der Waals surface area contributed by atoms with Crippen molar-refractivity contribution in [3.05, 3.63) is 81.5 Å². The van der Waals surface area contributed by atoms with Gasteiger partial charge in [0.25, 0.3) is 0 Å². The molecule has 12 heteroatoms. The molecule has 2 aliphatic heterocycles. The van der Waals surface area contributed by atoms with Crippen LogP contribution in [0.25, 0.3) is 33.6 Å². The van der Waals surface area contributed by atoms with Crippen molar-refractivity contribution in [3.8, 4) is 45.3 Å². The van der Waals surface area contributed by atoms with E-state index in [-0.39, 0.29) is 23.9 Å². The Kier molecular flexibility index (Phi) is 11.2. The molecule has 0 saturated carbocycles. The summed E-state index contributed by atoms with van der Waals surface area (Å²) in [6.45, 7) is 4.71. The van der Waals surface area contributed by atoms with Crippen LogP contribution < -0.4 is 25.4 Å². The van der Waals surface area contributed by atoms with Crippen LogP contribution in [-0.4, -0.2) is 73.1 Å². The number of rotatable bonds is 13. The molecule has 2 atom stereocenters. The molecule has 0 radical (unpaired) electrons. The van der Waals surface area contributed by atoms with Gasteiger partial charge in [0.15, 0.2) is 0 Å². The van der Waals surface area contributed by atoms with E-state index in [4.69, 9.17) is 37.7 Å². The average Bonchev–Trinajstić information content (AvgIpc) is 3.72. The zero-order valence-electron chi connectivity index (χ0n) is 28.7. The summed E-state index contributed by atoms with van der Waals surface area (Å²) in [4.78, 5) is 34.9. The van der Waals surface area contributed by atoms with Gasteiger partial charge in [0.2, 0.25) is 17.7 Å². The number of likely N-dealkylation sites (N-methyl/N-ethyl adjacent to an activating group) is 1. The molecular formula is C38H42Cl2N6O4. The lowest BCUT2D eigenvalue weighted by Gasteiger charge is -2.23. The normalized spacial score (nSPS) is 17.3. The van der Waals surface area contributed by atoms with E-state index in [0.29, 0.717) is 59.8 Å². The Morgan fingerprint density at radius 1 is 0.920 bits per heavy atom. The molecule has 4 heterocycles. The number of benzene rings is 2. The highest BCUT2D eigenvalue weighted by Gasteiger charge is 2.24. The summed E-state index contributed by atoms with van der Waals surface area (Å²) in [5, 5.41) is 10.4. The van der Waals surface area contributed by atoms with Crippen LogP contribution in [0.2, 0.25) is 10.0 Å². The SMILES string of the molecule is COc1cc(-c2nccc(-c3cccc(-c4ccc(CNC[C@H]5CCC(=O)N5)c(OC)n4)c3Cl)c2Cl)cc(C)c1CN(C)C[C@H]1CCC(=O)N1. The van der Waals surface area contributed by atoms with Gasteiger partial charge in [-0.05, 0) is 56.6 Å². The van der Waals surface area contributed by atoms with E-state index >= 15 is 0 Å². The minimum absolute atomic E-state index is 0.0984. The van der Waals surface area contributed by atoms with Gasteiger partial charge in [0, 0.05) is 90.7 Å². The summed E-state index contributed by atoms with van der Waals surface area (Å²) in [6, 6.07) is 15.9. The van der Waals surface area contributed by atoms with Crippen LogP contribution in [0.15, 0.2) is 54.7 Å². The fraction of sp³-hybridized carbons (Fsp3) is 0.368. The second-order valence-electron chi connectivity index (χ2n) is 13.0. The monoisotopic (exact) mass is 716 g/mol. The molecule has 3 N–H and O–H groups in total. The fourth-order valence-electron chi connectivity index (χ4n) is 6.76. The highest BCUT2D eigenvalue weighted by Crippen LogP contribution is 2.42. The van der Waals surface area contributed by atoms with Gasteiger partial charge in [-0.15, -0.1) is 0 Å². The van der Waals surface area contributed by atoms with E-state index < -0.39 is 0 Å². The highest BCUT2D eigenvalue weighted by atomic mass is 35.5. The molecule has 10 nitrogen and oxygen atoms in total. The smallest absolute Gasteiger partial charge is 0.220 e. The van der Waals surface area contributed by atoms with E-state index in [1.54, 1.807) is 20.4 Å². The second-order valence-corrected chi connectivity index (χ2v) is 13.7. The molecule has 0 unspecified atom stereocenters. The second kappa shape index (κ2) is 15.8. The topological polar surface area (TPSA) is 118 Å². The molecule has 2 aliphatic rings. The molecule has 2 amide bonds. The van der Waals surface area contributed by atoms with Gasteiger partial charge in [-0.1, -0.05) is 47.5 Å². The van der Waals surface area contributed by atoms with E-state index in [2.05, 4.69) is 45.9 Å². The van der Waals surface area contributed by atoms with Gasteiger partial charge in [-0.25, -0.2) is 4.98 Å². The number of hydrogen-bond donors (Lipinski definition) is 3. The number of halogens is 2. The number of carbonyl (C=O) groups is 2. The zero-order valence-corrected chi connectivity index (χ0v) is 30.3. The molecule has 6 rings (SSSR count). The van der Waals surface area contributed by atoms with Gasteiger partial charge in [0.1, 0.15) is 5.75 Å². The van der Waals surface area contributed by atoms with Crippen LogP contribution in [0.4, 0.5) is 0 Å². The first-order chi connectivity index (χ1) is 24.1. The summed E-state index contributed by atoms with van der Waals surface area (Å²) in [5.41, 5.74) is 7.38. The molecule has 2 aromatic carbocycles. The summed E-state index contributed by atoms with van der Waals surface area (Å²) in [5.74, 6) is 1.46. The Bertz CT molecular complexity index is 1900. The van der Waals surface area contributed by atoms with Crippen molar-refractivity contribution in [2.24, 2.45) is 0 Å². The van der Waals surface area contributed by atoms with Crippen LogP contribution in [0.1, 0.15) is 42.4 Å². The van der Waals surface area contributed by atoms with Crippen LogP contribution in [0.3, 0.4) is 0 Å². The van der Waals surface area contributed by atoms with E-state index in [1.165, 1.54) is 0 Å². The van der Waals surface area contributed by atoms with Gasteiger partial charge in [0.05, 0.1) is 35.7 Å². The third kappa shape index (κ3) is 7.89. The van der Waals surface area contributed by atoms with Gasteiger partial charge >= 0.3 is 0 Å². The van der Waals surface area contributed by atoms with Crippen molar-refractivity contribution >= 4 is 35.0 Å². The molecule has 50 heavy (non-hydrogen) atoms. The molecule has 0 aliphatic carbocycles. The van der Waals surface area contributed by atoms with E-state index in [1.807, 2.05) is 42.5 Å². The highest BCUT2D eigenvalue weighted by molar-refractivity contribution is 6.39. The maximum Gasteiger partial charge on any atom is 0.220 e. The van der Waals surface area contributed by atoms with Crippen molar-refractivity contribution in [2.45, 2.75) is 57.8 Å². The molecule has 4 aromatic rings. The van der Waals surface area contributed by atoms with Crippen LogP contribution >= 0.6 is 23.2 Å². The standard InChI is InChI=1S/C38H42Cl2N6O4/c1-22-16-24(17-32(49-3)30(22)21-46(2)20-26-10-13-34(48)44-26)37-36(40)28(14-15-42-37)27-6-5-7-29(35(27)39)31-11-8-23(38(45-31)50-4)18-41-19-25-9-12-33(47)43-25/h5-8,11,14-17,25-26,41H,9-10,12-13,18-21H2,1-4H3,(H,43,47)(H,44,48)/t25-,26-/m1/s1. The van der Waals surface area contributed by atoms with Gasteiger partial charge < -0.3 is 25.4 Å². The van der Waals surface area contributed by atoms with E-state index in [0.717, 1.165) is 64.1 Å². The lowest BCUT2D eigenvalue weighted by molar-refractivity contribution is -0.120. The number of amides is 2. The number of nitrogens with zero attached hydrogens (tertiary/aromatic N) is 3. The van der Waals surface area contributed by atoms with Crippen molar-refractivity contribution in [1.82, 2.24) is 30.8 Å². The van der Waals surface area contributed by atoms with Crippen molar-refractivity contribution < 1.29 is 19.1 Å². The van der Waals surface area contributed by atoms with Gasteiger partial charge in [-0.2, -0.15) is 0 Å². The molecule has 0 spiro atoms. The largest absolute Gasteiger partial charge is 0.496 e. The third-order valence-electron chi connectivity index (χ3n) is 9.35.